The molecule has 5 nitrogen and oxygen atoms in total. The average molecular weight is 400 g/mol. The number of anilines is 2. The molecule has 0 fully saturated rings. The Kier molecular flexibility index (Phi) is 6.45. The number of hydrogen-bond donors (Lipinski definition) is 3. The number of carbonyl (C=O) groups excluding carboxylic acids is 2. The lowest BCUT2D eigenvalue weighted by Crippen LogP contribution is -2.41. The van der Waals surface area contributed by atoms with Crippen LogP contribution in [0.4, 0.5) is 11.4 Å². The van der Waals surface area contributed by atoms with Gasteiger partial charge in [0.15, 0.2) is 5.60 Å². The second-order valence-electron chi connectivity index (χ2n) is 7.15. The number of amides is 2. The molecule has 3 aromatic carbocycles. The van der Waals surface area contributed by atoms with Crippen LogP contribution in [0.25, 0.3) is 0 Å². The second kappa shape index (κ2) is 9.20. The van der Waals surface area contributed by atoms with Crippen molar-refractivity contribution in [3.8, 4) is 0 Å². The van der Waals surface area contributed by atoms with Crippen LogP contribution >= 0.6 is 0 Å². The van der Waals surface area contributed by atoms with E-state index in [-0.39, 0.29) is 12.0 Å². The summed E-state index contributed by atoms with van der Waals surface area (Å²) in [6, 6.07) is 24.7. The van der Waals surface area contributed by atoms with Crippen LogP contribution in [0.2, 0.25) is 0 Å². The molecule has 0 saturated carbocycles. The number of para-hydroxylation sites is 1. The standard InChI is InChI=1S/C25H24N2O3/c1-18-13-15-22(16-14-18)26-23(28)19(2)17-25(30,20-9-5-3-6-10-20)24(29)27-21-11-7-4-8-12-21/h3-16,30H,2,17H2,1H3,(H,26,28)(H,27,29)/t25-/m1/s1. The van der Waals surface area contributed by atoms with Crippen LogP contribution in [0.5, 0.6) is 0 Å². The fraction of sp³-hybridized carbons (Fsp3) is 0.120. The Balaban J connectivity index is 1.81. The Labute approximate surface area is 176 Å². The lowest BCUT2D eigenvalue weighted by atomic mass is 9.86. The average Bonchev–Trinajstić information content (AvgIpc) is 2.76. The van der Waals surface area contributed by atoms with Crippen LogP contribution in [0, 0.1) is 6.92 Å². The highest BCUT2D eigenvalue weighted by molar-refractivity contribution is 6.05. The quantitative estimate of drug-likeness (QED) is 0.514. The van der Waals surface area contributed by atoms with Crippen molar-refractivity contribution < 1.29 is 14.7 Å². The van der Waals surface area contributed by atoms with E-state index in [1.807, 2.05) is 25.1 Å². The van der Waals surface area contributed by atoms with Gasteiger partial charge in [0.1, 0.15) is 0 Å². The molecule has 0 spiro atoms. The van der Waals surface area contributed by atoms with E-state index in [4.69, 9.17) is 0 Å². The number of aryl methyl sites for hydroxylation is 1. The van der Waals surface area contributed by atoms with Crippen LogP contribution in [0.1, 0.15) is 17.5 Å². The molecule has 3 rings (SSSR count). The molecule has 5 heteroatoms. The molecule has 0 aliphatic carbocycles. The summed E-state index contributed by atoms with van der Waals surface area (Å²) in [4.78, 5) is 25.7. The summed E-state index contributed by atoms with van der Waals surface area (Å²) in [7, 11) is 0. The van der Waals surface area contributed by atoms with E-state index in [9.17, 15) is 14.7 Å². The maximum atomic E-state index is 13.1. The van der Waals surface area contributed by atoms with Crippen LogP contribution in [-0.2, 0) is 15.2 Å². The largest absolute Gasteiger partial charge is 0.375 e. The van der Waals surface area contributed by atoms with Crippen LogP contribution in [0.15, 0.2) is 97.1 Å². The van der Waals surface area contributed by atoms with Crippen molar-refractivity contribution in [3.63, 3.8) is 0 Å². The van der Waals surface area contributed by atoms with E-state index in [0.29, 0.717) is 16.9 Å². The minimum atomic E-state index is -1.96. The molecule has 1 atom stereocenters. The number of rotatable bonds is 7. The van der Waals surface area contributed by atoms with Crippen molar-refractivity contribution in [2.75, 3.05) is 10.6 Å². The van der Waals surface area contributed by atoms with E-state index in [1.165, 1.54) is 0 Å². The molecule has 152 valence electrons. The summed E-state index contributed by atoms with van der Waals surface area (Å²) in [6.45, 7) is 5.77. The molecule has 0 bridgehead atoms. The first-order valence-corrected chi connectivity index (χ1v) is 9.59. The number of nitrogens with one attached hydrogen (secondary N) is 2. The molecule has 0 aliphatic rings. The van der Waals surface area contributed by atoms with Crippen molar-refractivity contribution in [1.29, 1.82) is 0 Å². The fourth-order valence-corrected chi connectivity index (χ4v) is 3.03. The molecule has 3 N–H and O–H groups in total. The molecule has 0 aliphatic heterocycles. The molecule has 2 amide bonds. The summed E-state index contributed by atoms with van der Waals surface area (Å²) in [5, 5.41) is 16.9. The molecular weight excluding hydrogens is 376 g/mol. The highest BCUT2D eigenvalue weighted by Crippen LogP contribution is 2.30. The van der Waals surface area contributed by atoms with Gasteiger partial charge in [0.05, 0.1) is 0 Å². The molecule has 0 heterocycles. The van der Waals surface area contributed by atoms with Gasteiger partial charge in [-0.1, -0.05) is 72.8 Å². The molecule has 0 aromatic heterocycles. The SMILES string of the molecule is C=C(C[C@](O)(C(=O)Nc1ccccc1)c1ccccc1)C(=O)Nc1ccc(C)cc1. The van der Waals surface area contributed by atoms with E-state index < -0.39 is 17.4 Å². The monoisotopic (exact) mass is 400 g/mol. The highest BCUT2D eigenvalue weighted by atomic mass is 16.3. The normalized spacial score (nSPS) is 12.5. The van der Waals surface area contributed by atoms with Gasteiger partial charge in [-0.3, -0.25) is 9.59 Å². The van der Waals surface area contributed by atoms with E-state index >= 15 is 0 Å². The predicted molar refractivity (Wildman–Crippen MR) is 119 cm³/mol. The number of hydrogen-bond acceptors (Lipinski definition) is 3. The molecule has 30 heavy (non-hydrogen) atoms. The maximum Gasteiger partial charge on any atom is 0.261 e. The Morgan fingerprint density at radius 2 is 1.37 bits per heavy atom. The van der Waals surface area contributed by atoms with Gasteiger partial charge < -0.3 is 15.7 Å². The fourth-order valence-electron chi connectivity index (χ4n) is 3.03. The zero-order valence-electron chi connectivity index (χ0n) is 16.8. The van der Waals surface area contributed by atoms with Crippen LogP contribution in [0.3, 0.4) is 0 Å². The number of benzene rings is 3. The van der Waals surface area contributed by atoms with Gasteiger partial charge in [0.2, 0.25) is 0 Å². The van der Waals surface area contributed by atoms with E-state index in [2.05, 4.69) is 17.2 Å². The Hall–Kier alpha value is -3.70. The second-order valence-corrected chi connectivity index (χ2v) is 7.15. The van der Waals surface area contributed by atoms with Crippen molar-refractivity contribution in [1.82, 2.24) is 0 Å². The zero-order valence-corrected chi connectivity index (χ0v) is 16.8. The predicted octanol–water partition coefficient (Wildman–Crippen LogP) is 4.41. The molecule has 0 saturated heterocycles. The third-order valence-electron chi connectivity index (χ3n) is 4.76. The smallest absolute Gasteiger partial charge is 0.261 e. The summed E-state index contributed by atoms with van der Waals surface area (Å²) >= 11 is 0. The maximum absolute atomic E-state index is 13.1. The van der Waals surface area contributed by atoms with E-state index in [0.717, 1.165) is 5.56 Å². The van der Waals surface area contributed by atoms with Crippen molar-refractivity contribution in [2.45, 2.75) is 18.9 Å². The van der Waals surface area contributed by atoms with Crippen molar-refractivity contribution in [2.24, 2.45) is 0 Å². The first kappa shape index (κ1) is 21.0. The third kappa shape index (κ3) is 5.01. The first-order chi connectivity index (χ1) is 14.4. The molecule has 3 aromatic rings. The minimum Gasteiger partial charge on any atom is -0.375 e. The lowest BCUT2D eigenvalue weighted by molar-refractivity contribution is -0.135. The topological polar surface area (TPSA) is 78.4 Å². The Bertz CT molecular complexity index is 1030. The van der Waals surface area contributed by atoms with Crippen molar-refractivity contribution >= 4 is 23.2 Å². The molecule has 0 unspecified atom stereocenters. The Morgan fingerprint density at radius 3 is 1.97 bits per heavy atom. The van der Waals surface area contributed by atoms with Gasteiger partial charge in [0.25, 0.3) is 11.8 Å². The highest BCUT2D eigenvalue weighted by Gasteiger charge is 2.39. The molecule has 0 radical (unpaired) electrons. The minimum absolute atomic E-state index is 0.0881. The van der Waals surface area contributed by atoms with Crippen molar-refractivity contribution in [3.05, 3.63) is 108 Å². The first-order valence-electron chi connectivity index (χ1n) is 9.59. The lowest BCUT2D eigenvalue weighted by Gasteiger charge is -2.28. The number of carbonyl (C=O) groups is 2. The summed E-state index contributed by atoms with van der Waals surface area (Å²) in [5.74, 6) is -1.09. The number of aliphatic hydroxyl groups is 1. The van der Waals surface area contributed by atoms with Crippen LogP contribution in [-0.4, -0.2) is 16.9 Å². The van der Waals surface area contributed by atoms with E-state index in [1.54, 1.807) is 66.7 Å². The summed E-state index contributed by atoms with van der Waals surface area (Å²) in [5.41, 5.74) is 0.741. The summed E-state index contributed by atoms with van der Waals surface area (Å²) < 4.78 is 0. The third-order valence-corrected chi connectivity index (χ3v) is 4.76. The zero-order chi connectivity index (χ0) is 21.6. The molecular formula is C25H24N2O3. The Morgan fingerprint density at radius 1 is 0.833 bits per heavy atom. The van der Waals surface area contributed by atoms with Gasteiger partial charge >= 0.3 is 0 Å². The summed E-state index contributed by atoms with van der Waals surface area (Å²) in [6.07, 6.45) is -0.257. The van der Waals surface area contributed by atoms with Gasteiger partial charge in [0, 0.05) is 23.4 Å². The van der Waals surface area contributed by atoms with Gasteiger partial charge in [-0.25, -0.2) is 0 Å². The van der Waals surface area contributed by atoms with Crippen LogP contribution < -0.4 is 10.6 Å². The van der Waals surface area contributed by atoms with Gasteiger partial charge in [-0.15, -0.1) is 0 Å². The van der Waals surface area contributed by atoms with Gasteiger partial charge in [-0.2, -0.15) is 0 Å². The van der Waals surface area contributed by atoms with Gasteiger partial charge in [-0.05, 0) is 36.8 Å².